The van der Waals surface area contributed by atoms with Crippen LogP contribution >= 0.6 is 0 Å². The van der Waals surface area contributed by atoms with Crippen LogP contribution in [0.1, 0.15) is 34.8 Å². The van der Waals surface area contributed by atoms with Crippen LogP contribution in [0.4, 0.5) is 45.6 Å². The van der Waals surface area contributed by atoms with Crippen LogP contribution in [0.3, 0.4) is 0 Å². The monoisotopic (exact) mass is 565 g/mol. The van der Waals surface area contributed by atoms with E-state index in [9.17, 15) is 39.9 Å². The number of aryl methyl sites for hydroxylation is 2. The number of carbonyl (C=O) groups excluding carboxylic acids is 1. The van der Waals surface area contributed by atoms with Crippen molar-refractivity contribution < 1.29 is 44.7 Å². The molecule has 0 spiro atoms. The van der Waals surface area contributed by atoms with Gasteiger partial charge in [-0.3, -0.25) is 5.10 Å². The summed E-state index contributed by atoms with van der Waals surface area (Å²) in [6, 6.07) is 1.88. The van der Waals surface area contributed by atoms with E-state index in [0.29, 0.717) is 11.6 Å². The molecule has 1 atom stereocenters. The second kappa shape index (κ2) is 9.92. The zero-order valence-electron chi connectivity index (χ0n) is 20.1. The van der Waals surface area contributed by atoms with E-state index in [1.807, 2.05) is 0 Å². The predicted octanol–water partition coefficient (Wildman–Crippen LogP) is 5.27. The maximum Gasteiger partial charge on any atom is 0.435 e. The van der Waals surface area contributed by atoms with Crippen LogP contribution in [-0.4, -0.2) is 43.9 Å². The summed E-state index contributed by atoms with van der Waals surface area (Å²) in [5.41, 5.74) is -2.74. The summed E-state index contributed by atoms with van der Waals surface area (Å²) in [5, 5.41) is 17.7. The Kier molecular flexibility index (Phi) is 7.12. The van der Waals surface area contributed by atoms with Crippen LogP contribution in [0.15, 0.2) is 18.2 Å². The van der Waals surface area contributed by atoms with Gasteiger partial charge in [0.15, 0.2) is 11.4 Å². The molecule has 17 heteroatoms. The fraction of sp³-hybridized carbons (Fsp3) is 0.409. The van der Waals surface area contributed by atoms with Gasteiger partial charge in [0.05, 0.1) is 36.0 Å². The van der Waals surface area contributed by atoms with Crippen LogP contribution < -0.4 is 15.4 Å². The van der Waals surface area contributed by atoms with Crippen molar-refractivity contribution in [3.63, 3.8) is 0 Å². The average Bonchev–Trinajstić information content (AvgIpc) is 3.24. The largest absolute Gasteiger partial charge is 0.477 e. The number of H-pyrrole nitrogens is 1. The number of nitrogens with zero attached hydrogens (tertiary/aromatic N) is 4. The third-order valence-corrected chi connectivity index (χ3v) is 5.66. The summed E-state index contributed by atoms with van der Waals surface area (Å²) in [6.07, 6.45) is -10.1. The Morgan fingerprint density at radius 1 is 1.10 bits per heavy atom. The highest BCUT2D eigenvalue weighted by atomic mass is 19.4. The number of urea groups is 1. The van der Waals surface area contributed by atoms with Gasteiger partial charge in [-0.1, -0.05) is 0 Å². The summed E-state index contributed by atoms with van der Waals surface area (Å²) in [4.78, 5) is 15.6. The summed E-state index contributed by atoms with van der Waals surface area (Å²) >= 11 is 0. The summed E-state index contributed by atoms with van der Waals surface area (Å²) < 4.78 is 111. The molecule has 3 N–H and O–H groups in total. The Morgan fingerprint density at radius 2 is 1.79 bits per heavy atom. The second-order valence-corrected chi connectivity index (χ2v) is 8.80. The van der Waals surface area contributed by atoms with Crippen molar-refractivity contribution in [2.24, 2.45) is 5.92 Å². The molecule has 0 bridgehead atoms. The van der Waals surface area contributed by atoms with E-state index >= 15 is 0 Å². The van der Waals surface area contributed by atoms with E-state index in [4.69, 9.17) is 4.74 Å². The number of hydrogen-bond acceptors (Lipinski definition) is 6. The number of ether oxygens (including phenoxy) is 1. The number of hydrogen-bond donors (Lipinski definition) is 3. The standard InChI is InChI=1S/C22H19F8N7O2/c1-9-3-13(35-36-17(9)16-10(2)34-37-18(16)22(28,29)30)7-31-19(38)32-12-4-14(21(25,26)27)33-15(5-12)39-8-11-6-20(11,23)24/h3-5,11H,6-8H2,1-2H3,(H,34,37)(H2,31,32,33,38)/t11-/m0/s1. The van der Waals surface area contributed by atoms with Crippen LogP contribution in [0, 0.1) is 19.8 Å². The van der Waals surface area contributed by atoms with Crippen molar-refractivity contribution in [3.8, 4) is 17.1 Å². The third kappa shape index (κ3) is 6.51. The normalized spacial score (nSPS) is 16.6. The number of carbonyl (C=O) groups is 1. The Morgan fingerprint density at radius 3 is 2.38 bits per heavy atom. The summed E-state index contributed by atoms with van der Waals surface area (Å²) in [7, 11) is 0. The second-order valence-electron chi connectivity index (χ2n) is 8.80. The number of rotatable bonds is 7. The predicted molar refractivity (Wildman–Crippen MR) is 118 cm³/mol. The van der Waals surface area contributed by atoms with Gasteiger partial charge in [0.25, 0.3) is 5.92 Å². The highest BCUT2D eigenvalue weighted by Crippen LogP contribution is 2.48. The number of alkyl halides is 8. The number of anilines is 1. The molecule has 0 aliphatic heterocycles. The number of aromatic amines is 1. The molecule has 0 aromatic carbocycles. The molecule has 1 saturated carbocycles. The van der Waals surface area contributed by atoms with Gasteiger partial charge in [-0.05, 0) is 31.5 Å². The maximum absolute atomic E-state index is 13.3. The molecule has 3 heterocycles. The molecule has 9 nitrogen and oxygen atoms in total. The molecule has 0 radical (unpaired) electrons. The highest BCUT2D eigenvalue weighted by molar-refractivity contribution is 5.89. The lowest BCUT2D eigenvalue weighted by atomic mass is 10.0. The number of nitrogens with one attached hydrogen (secondary N) is 3. The first-order chi connectivity index (χ1) is 18.0. The van der Waals surface area contributed by atoms with Crippen LogP contribution in [-0.2, 0) is 18.9 Å². The Balaban J connectivity index is 1.43. The Bertz CT molecular complexity index is 1390. The number of pyridine rings is 1. The zero-order chi connectivity index (χ0) is 28.8. The molecular formula is C22H19F8N7O2. The van der Waals surface area contributed by atoms with Gasteiger partial charge in [-0.25, -0.2) is 18.6 Å². The summed E-state index contributed by atoms with van der Waals surface area (Å²) in [6.45, 7) is 2.03. The van der Waals surface area contributed by atoms with Gasteiger partial charge in [0.2, 0.25) is 5.88 Å². The average molecular weight is 565 g/mol. The van der Waals surface area contributed by atoms with Crippen molar-refractivity contribution in [1.82, 2.24) is 30.7 Å². The minimum Gasteiger partial charge on any atom is -0.477 e. The number of amides is 2. The fourth-order valence-corrected chi connectivity index (χ4v) is 3.58. The molecule has 1 fully saturated rings. The van der Waals surface area contributed by atoms with Crippen LogP contribution in [0.5, 0.6) is 5.88 Å². The van der Waals surface area contributed by atoms with Crippen LogP contribution in [0.25, 0.3) is 11.3 Å². The van der Waals surface area contributed by atoms with E-state index in [0.717, 1.165) is 6.07 Å². The number of halogens is 8. The molecule has 4 rings (SSSR count). The zero-order valence-corrected chi connectivity index (χ0v) is 20.1. The van der Waals surface area contributed by atoms with Gasteiger partial charge in [-0.2, -0.15) is 36.5 Å². The van der Waals surface area contributed by atoms with E-state index in [2.05, 4.69) is 36.0 Å². The Labute approximate surface area is 214 Å². The van der Waals surface area contributed by atoms with Crippen molar-refractivity contribution in [2.45, 2.75) is 45.1 Å². The highest BCUT2D eigenvalue weighted by Gasteiger charge is 2.57. The minimum absolute atomic E-state index is 0.0743. The molecule has 3 aromatic rings. The van der Waals surface area contributed by atoms with E-state index < -0.39 is 60.5 Å². The molecule has 1 aliphatic rings. The number of aromatic nitrogens is 5. The van der Waals surface area contributed by atoms with E-state index in [1.165, 1.54) is 19.9 Å². The summed E-state index contributed by atoms with van der Waals surface area (Å²) in [5.74, 6) is -4.69. The van der Waals surface area contributed by atoms with Crippen LogP contribution in [0.2, 0.25) is 0 Å². The lowest BCUT2D eigenvalue weighted by Crippen LogP contribution is -2.29. The molecular weight excluding hydrogens is 546 g/mol. The quantitative estimate of drug-likeness (QED) is 0.336. The Hall–Kier alpha value is -4.05. The third-order valence-electron chi connectivity index (χ3n) is 5.66. The molecule has 0 unspecified atom stereocenters. The first-order valence-electron chi connectivity index (χ1n) is 11.1. The lowest BCUT2D eigenvalue weighted by molar-refractivity contribution is -0.141. The van der Waals surface area contributed by atoms with Crippen molar-refractivity contribution in [3.05, 3.63) is 46.5 Å². The minimum atomic E-state index is -4.91. The van der Waals surface area contributed by atoms with Gasteiger partial charge in [-0.15, -0.1) is 5.10 Å². The van der Waals surface area contributed by atoms with E-state index in [1.54, 1.807) is 0 Å². The maximum atomic E-state index is 13.3. The van der Waals surface area contributed by atoms with Crippen molar-refractivity contribution in [2.75, 3.05) is 11.9 Å². The van der Waals surface area contributed by atoms with Gasteiger partial charge >= 0.3 is 18.4 Å². The fourth-order valence-electron chi connectivity index (χ4n) is 3.58. The molecule has 1 aliphatic carbocycles. The lowest BCUT2D eigenvalue weighted by Gasteiger charge is -2.13. The van der Waals surface area contributed by atoms with E-state index in [-0.39, 0.29) is 34.9 Å². The molecule has 0 saturated heterocycles. The topological polar surface area (TPSA) is 118 Å². The first kappa shape index (κ1) is 28.0. The van der Waals surface area contributed by atoms with Crippen molar-refractivity contribution in [1.29, 1.82) is 0 Å². The van der Waals surface area contributed by atoms with Gasteiger partial charge < -0.3 is 15.4 Å². The molecule has 210 valence electrons. The SMILES string of the molecule is Cc1cc(CNC(=O)Nc2cc(OC[C@@H]3CC3(F)F)nc(C(F)(F)F)c2)nnc1-c1c(C(F)(F)F)n[nH]c1C. The van der Waals surface area contributed by atoms with Gasteiger partial charge in [0, 0.05) is 23.9 Å². The molecule has 2 amide bonds. The van der Waals surface area contributed by atoms with Gasteiger partial charge in [0.1, 0.15) is 0 Å². The molecule has 39 heavy (non-hydrogen) atoms. The molecule has 3 aromatic heterocycles. The first-order valence-corrected chi connectivity index (χ1v) is 11.1. The van der Waals surface area contributed by atoms with Crippen molar-refractivity contribution >= 4 is 11.7 Å². The smallest absolute Gasteiger partial charge is 0.435 e.